The van der Waals surface area contributed by atoms with Crippen LogP contribution in [0.25, 0.3) is 0 Å². The molecule has 0 aliphatic carbocycles. The van der Waals surface area contributed by atoms with Crippen molar-refractivity contribution in [1.29, 1.82) is 0 Å². The highest BCUT2D eigenvalue weighted by Crippen LogP contribution is 2.25. The molecular weight excluding hydrogens is 240 g/mol. The number of carboxylic acids is 1. The van der Waals surface area contributed by atoms with Gasteiger partial charge in [-0.3, -0.25) is 4.79 Å². The highest BCUT2D eigenvalue weighted by molar-refractivity contribution is 7.98. The predicted molar refractivity (Wildman–Crippen MR) is 70.4 cm³/mol. The van der Waals surface area contributed by atoms with Crippen LogP contribution in [0.1, 0.15) is 26.7 Å². The Morgan fingerprint density at radius 1 is 1.24 bits per heavy atom. The van der Waals surface area contributed by atoms with Crippen LogP contribution < -0.4 is 10.6 Å². The summed E-state index contributed by atoms with van der Waals surface area (Å²) >= 11 is 1.64. The molecule has 2 amide bonds. The minimum Gasteiger partial charge on any atom is -0.481 e. The highest BCUT2D eigenvalue weighted by Gasteiger charge is 2.34. The Labute approximate surface area is 107 Å². The Kier molecular flexibility index (Phi) is 7.78. The minimum absolute atomic E-state index is 0.167. The number of hydrogen-bond acceptors (Lipinski definition) is 3. The van der Waals surface area contributed by atoms with E-state index in [1.165, 1.54) is 0 Å². The van der Waals surface area contributed by atoms with Gasteiger partial charge in [-0.25, -0.2) is 4.79 Å². The van der Waals surface area contributed by atoms with Crippen molar-refractivity contribution in [3.8, 4) is 0 Å². The van der Waals surface area contributed by atoms with E-state index in [1.54, 1.807) is 11.8 Å². The first-order chi connectivity index (χ1) is 8.02. The molecule has 0 aliphatic rings. The van der Waals surface area contributed by atoms with Gasteiger partial charge in [0.05, 0.1) is 5.41 Å². The van der Waals surface area contributed by atoms with E-state index in [9.17, 15) is 14.7 Å². The third kappa shape index (κ3) is 5.30. The SMILES string of the molecule is CCC(CC)(CNC(=O)NCCSC)C(=O)O. The minimum atomic E-state index is -0.855. The molecule has 0 saturated carbocycles. The summed E-state index contributed by atoms with van der Waals surface area (Å²) < 4.78 is 0. The molecule has 0 rings (SSSR count). The normalized spacial score (nSPS) is 11.0. The average Bonchev–Trinajstić information content (AvgIpc) is 2.31. The lowest BCUT2D eigenvalue weighted by molar-refractivity contribution is -0.149. The molecule has 3 N–H and O–H groups in total. The van der Waals surface area contributed by atoms with Gasteiger partial charge in [-0.15, -0.1) is 0 Å². The molecule has 0 spiro atoms. The summed E-state index contributed by atoms with van der Waals surface area (Å²) in [6, 6.07) is -0.299. The smallest absolute Gasteiger partial charge is 0.314 e. The Bertz CT molecular complexity index is 255. The van der Waals surface area contributed by atoms with Crippen LogP contribution in [-0.2, 0) is 4.79 Å². The zero-order valence-corrected chi connectivity index (χ0v) is 11.5. The van der Waals surface area contributed by atoms with Crippen LogP contribution in [0.3, 0.4) is 0 Å². The fourth-order valence-corrected chi connectivity index (χ4v) is 1.76. The van der Waals surface area contributed by atoms with Gasteiger partial charge < -0.3 is 15.7 Å². The van der Waals surface area contributed by atoms with Crippen LogP contribution >= 0.6 is 11.8 Å². The van der Waals surface area contributed by atoms with Gasteiger partial charge in [-0.2, -0.15) is 11.8 Å². The first-order valence-corrected chi connectivity index (χ1v) is 7.15. The van der Waals surface area contributed by atoms with Crippen molar-refractivity contribution < 1.29 is 14.7 Å². The number of amides is 2. The van der Waals surface area contributed by atoms with Gasteiger partial charge >= 0.3 is 12.0 Å². The number of rotatable bonds is 8. The fourth-order valence-electron chi connectivity index (χ4n) is 1.46. The number of urea groups is 1. The van der Waals surface area contributed by atoms with E-state index >= 15 is 0 Å². The zero-order valence-electron chi connectivity index (χ0n) is 10.7. The first kappa shape index (κ1) is 16.1. The van der Waals surface area contributed by atoms with Crippen LogP contribution in [0.15, 0.2) is 0 Å². The number of carbonyl (C=O) groups is 2. The van der Waals surface area contributed by atoms with Crippen molar-refractivity contribution >= 4 is 23.8 Å². The summed E-state index contributed by atoms with van der Waals surface area (Å²) in [4.78, 5) is 22.6. The molecule has 17 heavy (non-hydrogen) atoms. The Morgan fingerprint density at radius 2 is 1.82 bits per heavy atom. The van der Waals surface area contributed by atoms with Gasteiger partial charge in [-0.05, 0) is 19.1 Å². The van der Waals surface area contributed by atoms with E-state index in [1.807, 2.05) is 20.1 Å². The van der Waals surface area contributed by atoms with Gasteiger partial charge in [-0.1, -0.05) is 13.8 Å². The summed E-state index contributed by atoms with van der Waals surface area (Å²) in [6.07, 6.45) is 2.97. The molecule has 6 heteroatoms. The summed E-state index contributed by atoms with van der Waals surface area (Å²) in [5.41, 5.74) is -0.850. The molecule has 5 nitrogen and oxygen atoms in total. The lowest BCUT2D eigenvalue weighted by atomic mass is 9.82. The number of hydrogen-bond donors (Lipinski definition) is 3. The second-order valence-electron chi connectivity index (χ2n) is 3.89. The quantitative estimate of drug-likeness (QED) is 0.580. The molecule has 0 radical (unpaired) electrons. The van der Waals surface area contributed by atoms with E-state index in [-0.39, 0.29) is 12.6 Å². The van der Waals surface area contributed by atoms with E-state index < -0.39 is 11.4 Å². The van der Waals surface area contributed by atoms with Gasteiger partial charge in [0.2, 0.25) is 0 Å². The molecular formula is C11H22N2O3S. The predicted octanol–water partition coefficient (Wildman–Crippen LogP) is 1.54. The van der Waals surface area contributed by atoms with Crippen LogP contribution in [0, 0.1) is 5.41 Å². The maximum absolute atomic E-state index is 11.4. The fraction of sp³-hybridized carbons (Fsp3) is 0.818. The largest absolute Gasteiger partial charge is 0.481 e. The van der Waals surface area contributed by atoms with Crippen molar-refractivity contribution in [2.45, 2.75) is 26.7 Å². The van der Waals surface area contributed by atoms with Crippen LogP contribution in [0.5, 0.6) is 0 Å². The maximum Gasteiger partial charge on any atom is 0.314 e. The molecule has 0 atom stereocenters. The number of carbonyl (C=O) groups excluding carboxylic acids is 1. The molecule has 0 unspecified atom stereocenters. The molecule has 0 aliphatic heterocycles. The van der Waals surface area contributed by atoms with Crippen LogP contribution in [0.2, 0.25) is 0 Å². The molecule has 0 aromatic rings. The van der Waals surface area contributed by atoms with Gasteiger partial charge in [0, 0.05) is 18.8 Å². The lowest BCUT2D eigenvalue weighted by Gasteiger charge is -2.26. The Hall–Kier alpha value is -0.910. The van der Waals surface area contributed by atoms with E-state index in [0.29, 0.717) is 19.4 Å². The van der Waals surface area contributed by atoms with Crippen molar-refractivity contribution in [2.24, 2.45) is 5.41 Å². The summed E-state index contributed by atoms with van der Waals surface area (Å²) in [5, 5.41) is 14.5. The van der Waals surface area contributed by atoms with Crippen molar-refractivity contribution in [2.75, 3.05) is 25.1 Å². The van der Waals surface area contributed by atoms with Gasteiger partial charge in [0.1, 0.15) is 0 Å². The molecule has 100 valence electrons. The Morgan fingerprint density at radius 3 is 2.24 bits per heavy atom. The van der Waals surface area contributed by atoms with Crippen LogP contribution in [-0.4, -0.2) is 42.2 Å². The summed E-state index contributed by atoms with van der Waals surface area (Å²) in [6.45, 7) is 4.40. The molecule has 0 saturated heterocycles. The maximum atomic E-state index is 11.4. The number of aliphatic carboxylic acids is 1. The molecule has 0 bridgehead atoms. The topological polar surface area (TPSA) is 78.4 Å². The highest BCUT2D eigenvalue weighted by atomic mass is 32.2. The van der Waals surface area contributed by atoms with E-state index in [2.05, 4.69) is 10.6 Å². The number of thioether (sulfide) groups is 1. The summed E-state index contributed by atoms with van der Waals surface area (Å²) in [5.74, 6) is -0.00843. The summed E-state index contributed by atoms with van der Waals surface area (Å²) in [7, 11) is 0. The lowest BCUT2D eigenvalue weighted by Crippen LogP contribution is -2.46. The first-order valence-electron chi connectivity index (χ1n) is 5.76. The number of carboxylic acid groups (broad SMARTS) is 1. The standard InChI is InChI=1S/C11H22N2O3S/c1-4-11(5-2,9(14)15)8-13-10(16)12-6-7-17-3/h4-8H2,1-3H3,(H,14,15)(H2,12,13,16). The van der Waals surface area contributed by atoms with Crippen molar-refractivity contribution in [1.82, 2.24) is 10.6 Å². The van der Waals surface area contributed by atoms with Gasteiger partial charge in [0.25, 0.3) is 0 Å². The van der Waals surface area contributed by atoms with Crippen LogP contribution in [0.4, 0.5) is 4.79 Å². The molecule has 0 aromatic heterocycles. The van der Waals surface area contributed by atoms with E-state index in [0.717, 1.165) is 5.75 Å². The average molecular weight is 262 g/mol. The third-order valence-corrected chi connectivity index (χ3v) is 3.60. The van der Waals surface area contributed by atoms with E-state index in [4.69, 9.17) is 0 Å². The molecule has 0 fully saturated rings. The molecule has 0 heterocycles. The van der Waals surface area contributed by atoms with Crippen molar-refractivity contribution in [3.05, 3.63) is 0 Å². The molecule has 0 aromatic carbocycles. The zero-order chi connectivity index (χ0) is 13.3. The second kappa shape index (κ2) is 8.22. The Balaban J connectivity index is 4.13. The second-order valence-corrected chi connectivity index (χ2v) is 4.88. The van der Waals surface area contributed by atoms with Crippen molar-refractivity contribution in [3.63, 3.8) is 0 Å². The van der Waals surface area contributed by atoms with Gasteiger partial charge in [0.15, 0.2) is 0 Å². The monoisotopic (exact) mass is 262 g/mol. The number of nitrogens with one attached hydrogen (secondary N) is 2. The third-order valence-electron chi connectivity index (χ3n) is 2.99.